The highest BCUT2D eigenvalue weighted by Crippen LogP contribution is 2.29. The van der Waals surface area contributed by atoms with Gasteiger partial charge >= 0.3 is 0 Å². The van der Waals surface area contributed by atoms with Gasteiger partial charge in [-0.15, -0.1) is 0 Å². The molecule has 2 heteroatoms. The molecule has 1 aromatic rings. The Morgan fingerprint density at radius 3 is 2.24 bits per heavy atom. The zero-order valence-electron chi connectivity index (χ0n) is 11.3. The molecule has 17 heavy (non-hydrogen) atoms. The van der Waals surface area contributed by atoms with Crippen molar-refractivity contribution in [1.82, 2.24) is 0 Å². The van der Waals surface area contributed by atoms with E-state index in [2.05, 4.69) is 55.8 Å². The number of aliphatic hydroxyl groups excluding tert-OH is 1. The summed E-state index contributed by atoms with van der Waals surface area (Å²) in [7, 11) is 0. The predicted molar refractivity (Wildman–Crippen MR) is 77.3 cm³/mol. The Hall–Kier alpha value is -0.340. The Morgan fingerprint density at radius 1 is 1.24 bits per heavy atom. The van der Waals surface area contributed by atoms with Crippen molar-refractivity contribution in [1.29, 1.82) is 0 Å². The van der Waals surface area contributed by atoms with Crippen LogP contribution in [0.4, 0.5) is 0 Å². The lowest BCUT2D eigenvalue weighted by atomic mass is 9.93. The second kappa shape index (κ2) is 6.55. The minimum Gasteiger partial charge on any atom is -0.388 e. The van der Waals surface area contributed by atoms with E-state index in [1.165, 1.54) is 24.0 Å². The first-order valence-corrected chi connectivity index (χ1v) is 7.19. The lowest BCUT2D eigenvalue weighted by molar-refractivity contribution is 0.145. The van der Waals surface area contributed by atoms with E-state index in [1.807, 2.05) is 0 Å². The number of hydrogen-bond acceptors (Lipinski definition) is 1. The van der Waals surface area contributed by atoms with E-state index < -0.39 is 0 Å². The van der Waals surface area contributed by atoms with Crippen LogP contribution in [0.15, 0.2) is 16.6 Å². The number of halogens is 1. The van der Waals surface area contributed by atoms with Crippen LogP contribution in [0.5, 0.6) is 0 Å². The monoisotopic (exact) mass is 298 g/mol. The van der Waals surface area contributed by atoms with E-state index in [1.54, 1.807) is 0 Å². The quantitative estimate of drug-likeness (QED) is 0.817. The maximum atomic E-state index is 10.2. The van der Waals surface area contributed by atoms with Gasteiger partial charge in [0.2, 0.25) is 0 Å². The van der Waals surface area contributed by atoms with Crippen molar-refractivity contribution < 1.29 is 5.11 Å². The Bertz CT molecular complexity index is 350. The Labute approximate surface area is 113 Å². The van der Waals surface area contributed by atoms with Gasteiger partial charge in [-0.05, 0) is 42.9 Å². The highest BCUT2D eigenvalue weighted by atomic mass is 79.9. The lowest BCUT2D eigenvalue weighted by Gasteiger charge is -2.18. The van der Waals surface area contributed by atoms with Crippen LogP contribution in [0.3, 0.4) is 0 Å². The van der Waals surface area contributed by atoms with Crippen LogP contribution < -0.4 is 0 Å². The molecule has 1 nitrogen and oxygen atoms in total. The van der Waals surface area contributed by atoms with Crippen LogP contribution in [-0.2, 0) is 0 Å². The van der Waals surface area contributed by atoms with Crippen molar-refractivity contribution in [2.24, 2.45) is 5.92 Å². The van der Waals surface area contributed by atoms with Gasteiger partial charge < -0.3 is 5.11 Å². The van der Waals surface area contributed by atoms with Crippen molar-refractivity contribution in [2.75, 3.05) is 0 Å². The number of rotatable bonds is 5. The maximum Gasteiger partial charge on any atom is 0.0792 e. The van der Waals surface area contributed by atoms with Gasteiger partial charge in [-0.3, -0.25) is 0 Å². The molecule has 2 unspecified atom stereocenters. The Balaban J connectivity index is 2.79. The Morgan fingerprint density at radius 2 is 1.76 bits per heavy atom. The van der Waals surface area contributed by atoms with Gasteiger partial charge in [0.25, 0.3) is 0 Å². The normalized spacial score (nSPS) is 14.7. The largest absolute Gasteiger partial charge is 0.388 e. The molecule has 0 aliphatic carbocycles. The van der Waals surface area contributed by atoms with Crippen molar-refractivity contribution in [2.45, 2.75) is 53.1 Å². The molecule has 2 atom stereocenters. The summed E-state index contributed by atoms with van der Waals surface area (Å²) < 4.78 is 1.15. The molecule has 0 radical (unpaired) electrons. The predicted octanol–water partition coefficient (Wildman–Crippen LogP) is 4.93. The van der Waals surface area contributed by atoms with E-state index in [0.717, 1.165) is 16.5 Å². The zero-order valence-corrected chi connectivity index (χ0v) is 12.8. The third kappa shape index (κ3) is 4.11. The highest BCUT2D eigenvalue weighted by molar-refractivity contribution is 9.10. The number of aryl methyl sites for hydroxylation is 2. The molecule has 0 aliphatic heterocycles. The second-order valence-corrected chi connectivity index (χ2v) is 5.91. The minimum atomic E-state index is -0.331. The molecule has 1 aromatic carbocycles. The van der Waals surface area contributed by atoms with Crippen molar-refractivity contribution >= 4 is 15.9 Å². The molecule has 0 aromatic heterocycles. The van der Waals surface area contributed by atoms with Gasteiger partial charge in [-0.1, -0.05) is 54.8 Å². The fourth-order valence-electron chi connectivity index (χ4n) is 2.30. The van der Waals surface area contributed by atoms with Crippen LogP contribution in [0.25, 0.3) is 0 Å². The fourth-order valence-corrected chi connectivity index (χ4v) is 2.53. The summed E-state index contributed by atoms with van der Waals surface area (Å²) in [5.74, 6) is 0.583. The summed E-state index contributed by atoms with van der Waals surface area (Å²) in [5.41, 5.74) is 3.44. The van der Waals surface area contributed by atoms with Gasteiger partial charge in [-0.25, -0.2) is 0 Å². The summed E-state index contributed by atoms with van der Waals surface area (Å²) in [4.78, 5) is 0. The van der Waals surface area contributed by atoms with Crippen molar-refractivity contribution in [3.63, 3.8) is 0 Å². The summed E-state index contributed by atoms with van der Waals surface area (Å²) in [6.45, 7) is 8.55. The maximum absolute atomic E-state index is 10.2. The van der Waals surface area contributed by atoms with Crippen molar-refractivity contribution in [3.8, 4) is 0 Å². The van der Waals surface area contributed by atoms with Crippen LogP contribution >= 0.6 is 15.9 Å². The first kappa shape index (κ1) is 14.7. The lowest BCUT2D eigenvalue weighted by Crippen LogP contribution is -2.05. The average molecular weight is 299 g/mol. The van der Waals surface area contributed by atoms with E-state index in [0.29, 0.717) is 5.92 Å². The molecule has 0 bridgehead atoms. The fraction of sp³-hybridized carbons (Fsp3) is 0.600. The van der Waals surface area contributed by atoms with Crippen LogP contribution in [-0.4, -0.2) is 5.11 Å². The summed E-state index contributed by atoms with van der Waals surface area (Å²) in [5, 5.41) is 10.2. The third-order valence-corrected chi connectivity index (χ3v) is 4.50. The standard InChI is InChI=1S/C15H23BrO/c1-5-6-10(2)7-14(17)13-8-11(3)15(16)12(4)9-13/h8-10,14,17H,5-7H2,1-4H3. The molecule has 1 N–H and O–H groups in total. The van der Waals surface area contributed by atoms with Crippen LogP contribution in [0.1, 0.15) is 55.9 Å². The van der Waals surface area contributed by atoms with E-state index in [9.17, 15) is 5.11 Å². The molecule has 96 valence electrons. The van der Waals surface area contributed by atoms with Gasteiger partial charge in [0.15, 0.2) is 0 Å². The van der Waals surface area contributed by atoms with Gasteiger partial charge in [0, 0.05) is 4.47 Å². The average Bonchev–Trinajstić information content (AvgIpc) is 2.25. The smallest absolute Gasteiger partial charge is 0.0792 e. The molecule has 0 amide bonds. The Kier molecular flexibility index (Phi) is 5.68. The highest BCUT2D eigenvalue weighted by Gasteiger charge is 2.13. The molecule has 0 spiro atoms. The number of aliphatic hydroxyl groups is 1. The third-order valence-electron chi connectivity index (χ3n) is 3.25. The first-order chi connectivity index (χ1) is 7.95. The summed E-state index contributed by atoms with van der Waals surface area (Å²) in [6, 6.07) is 4.17. The van der Waals surface area contributed by atoms with E-state index >= 15 is 0 Å². The minimum absolute atomic E-state index is 0.331. The molecular weight excluding hydrogens is 276 g/mol. The van der Waals surface area contributed by atoms with Crippen LogP contribution in [0, 0.1) is 19.8 Å². The van der Waals surface area contributed by atoms with E-state index in [4.69, 9.17) is 0 Å². The van der Waals surface area contributed by atoms with Crippen molar-refractivity contribution in [3.05, 3.63) is 33.3 Å². The molecular formula is C15H23BrO. The summed E-state index contributed by atoms with van der Waals surface area (Å²) >= 11 is 3.56. The molecule has 0 aliphatic rings. The molecule has 0 fully saturated rings. The summed E-state index contributed by atoms with van der Waals surface area (Å²) in [6.07, 6.45) is 2.90. The number of hydrogen-bond donors (Lipinski definition) is 1. The van der Waals surface area contributed by atoms with Gasteiger partial charge in [0.1, 0.15) is 0 Å². The number of benzene rings is 1. The molecule has 1 rings (SSSR count). The molecule has 0 saturated carbocycles. The van der Waals surface area contributed by atoms with Crippen LogP contribution in [0.2, 0.25) is 0 Å². The first-order valence-electron chi connectivity index (χ1n) is 6.40. The molecule has 0 heterocycles. The second-order valence-electron chi connectivity index (χ2n) is 5.11. The molecule has 0 saturated heterocycles. The van der Waals surface area contributed by atoms with Gasteiger partial charge in [-0.2, -0.15) is 0 Å². The van der Waals surface area contributed by atoms with E-state index in [-0.39, 0.29) is 6.10 Å². The topological polar surface area (TPSA) is 20.2 Å². The SMILES string of the molecule is CCCC(C)CC(O)c1cc(C)c(Br)c(C)c1. The van der Waals surface area contributed by atoms with Gasteiger partial charge in [0.05, 0.1) is 6.10 Å². The zero-order chi connectivity index (χ0) is 13.0.